The summed E-state index contributed by atoms with van der Waals surface area (Å²) in [5, 5.41) is 4.73. The second kappa shape index (κ2) is 24.7. The lowest BCUT2D eigenvalue weighted by atomic mass is 9.72. The number of fused-ring (bicyclic) bond motifs is 3. The Kier molecular flexibility index (Phi) is 17.2. The molecule has 0 saturated carbocycles. The van der Waals surface area contributed by atoms with E-state index >= 15 is 0 Å². The van der Waals surface area contributed by atoms with Gasteiger partial charge in [0.1, 0.15) is 11.0 Å². The van der Waals surface area contributed by atoms with Gasteiger partial charge in [-0.3, -0.25) is 0 Å². The maximum atomic E-state index is 7.06. The standard InChI is InChI=1S/C75H75NO2/c1-11-15-29-64(77-10)30-19-17-18-26-53(6)56-39-46-61(47-40-56)76(62-48-41-58(42-49-62)68-33-24-28-57-27-20-21-32-67(57)68)63-50-43-59(44-51-63)69-34-25-35-70-65(14-4)73(78-74(69)70)54(7)52(5)38-45-60(13-3)75(9)71(36-16-12-2)55(8)66-31-22-23-37-72(66)75/h11-18,20-29,31-52,55H,19,30H2,1-10H3/b15-11-,16-12-,18-17-,45-38-,53-26+,60-13+,64-29+,65-14-,71-36+,73-54-. The third kappa shape index (κ3) is 11.1. The molecule has 1 heterocycles. The van der Waals surface area contributed by atoms with Gasteiger partial charge in [-0.1, -0.05) is 208 Å². The zero-order chi connectivity index (χ0) is 54.8. The van der Waals surface area contributed by atoms with Crippen molar-refractivity contribution in [1.29, 1.82) is 0 Å². The molecular formula is C75H75NO2. The van der Waals surface area contributed by atoms with E-state index in [2.05, 4.69) is 279 Å². The van der Waals surface area contributed by atoms with Crippen LogP contribution in [-0.4, -0.2) is 7.11 Å². The van der Waals surface area contributed by atoms with Gasteiger partial charge in [0, 0.05) is 51.0 Å². The van der Waals surface area contributed by atoms with Gasteiger partial charge in [-0.15, -0.1) is 0 Å². The largest absolute Gasteiger partial charge is 0.501 e. The molecule has 7 aromatic carbocycles. The van der Waals surface area contributed by atoms with Crippen LogP contribution in [0.4, 0.5) is 17.1 Å². The lowest BCUT2D eigenvalue weighted by Crippen LogP contribution is -2.25. The first kappa shape index (κ1) is 54.4. The summed E-state index contributed by atoms with van der Waals surface area (Å²) in [6.45, 7) is 19.8. The average Bonchev–Trinajstić information content (AvgIpc) is 4.18. The number of ether oxygens (including phenoxy) is 1. The second-order valence-corrected chi connectivity index (χ2v) is 20.7. The summed E-state index contributed by atoms with van der Waals surface area (Å²) in [6, 6.07) is 57.5. The van der Waals surface area contributed by atoms with E-state index in [1.807, 2.05) is 25.2 Å². The lowest BCUT2D eigenvalue weighted by molar-refractivity contribution is 0.278. The minimum Gasteiger partial charge on any atom is -0.501 e. The van der Waals surface area contributed by atoms with Crippen LogP contribution in [0.25, 0.3) is 61.2 Å². The van der Waals surface area contributed by atoms with E-state index in [4.69, 9.17) is 9.15 Å². The fourth-order valence-corrected chi connectivity index (χ4v) is 11.5. The van der Waals surface area contributed by atoms with Gasteiger partial charge in [0.2, 0.25) is 0 Å². The highest BCUT2D eigenvalue weighted by molar-refractivity contribution is 5.97. The Hall–Kier alpha value is -8.40. The molecule has 0 aliphatic heterocycles. The van der Waals surface area contributed by atoms with E-state index in [1.165, 1.54) is 60.9 Å². The number of anilines is 3. The van der Waals surface area contributed by atoms with Gasteiger partial charge in [0.25, 0.3) is 0 Å². The molecule has 0 radical (unpaired) electrons. The van der Waals surface area contributed by atoms with Crippen LogP contribution in [0, 0.1) is 5.92 Å². The van der Waals surface area contributed by atoms with Crippen molar-refractivity contribution in [1.82, 2.24) is 0 Å². The van der Waals surface area contributed by atoms with Gasteiger partial charge in [0.05, 0.1) is 12.9 Å². The minimum atomic E-state index is -0.237. The third-order valence-electron chi connectivity index (χ3n) is 16.0. The molecular weight excluding hydrogens is 947 g/mol. The highest BCUT2D eigenvalue weighted by atomic mass is 16.5. The smallest absolute Gasteiger partial charge is 0.143 e. The number of methoxy groups -OCH3 is 1. The molecule has 3 heteroatoms. The predicted octanol–water partition coefficient (Wildman–Crippen LogP) is 19.9. The minimum absolute atomic E-state index is 0.122. The summed E-state index contributed by atoms with van der Waals surface area (Å²) >= 11 is 0. The van der Waals surface area contributed by atoms with Gasteiger partial charge < -0.3 is 14.1 Å². The van der Waals surface area contributed by atoms with Crippen molar-refractivity contribution in [2.45, 2.75) is 86.5 Å². The summed E-state index contributed by atoms with van der Waals surface area (Å²) in [5.74, 6) is 1.43. The second-order valence-electron chi connectivity index (χ2n) is 20.7. The number of furan rings is 1. The Morgan fingerprint density at radius 2 is 1.29 bits per heavy atom. The highest BCUT2D eigenvalue weighted by Crippen LogP contribution is 2.54. The zero-order valence-electron chi connectivity index (χ0n) is 47.3. The zero-order valence-corrected chi connectivity index (χ0v) is 47.3. The molecule has 8 aromatic rings. The van der Waals surface area contributed by atoms with Crippen molar-refractivity contribution in [3.8, 4) is 22.3 Å². The summed E-state index contributed by atoms with van der Waals surface area (Å²) in [4.78, 5) is 2.35. The van der Waals surface area contributed by atoms with Crippen LogP contribution < -0.4 is 15.5 Å². The fraction of sp³-hybridized carbons (Fsp3) is 0.200. The van der Waals surface area contributed by atoms with Crippen molar-refractivity contribution in [2.75, 3.05) is 12.0 Å². The number of hydrogen-bond acceptors (Lipinski definition) is 3. The molecule has 3 atom stereocenters. The summed E-state index contributed by atoms with van der Waals surface area (Å²) < 4.78 is 12.6. The maximum Gasteiger partial charge on any atom is 0.143 e. The molecule has 0 spiro atoms. The van der Waals surface area contributed by atoms with E-state index in [-0.39, 0.29) is 11.3 Å². The third-order valence-corrected chi connectivity index (χ3v) is 16.0. The van der Waals surface area contributed by atoms with Crippen molar-refractivity contribution in [3.63, 3.8) is 0 Å². The normalized spacial score (nSPS) is 17.9. The number of nitrogens with zero attached hydrogens (tertiary/aromatic N) is 1. The number of benzene rings is 7. The van der Waals surface area contributed by atoms with Crippen LogP contribution in [0.3, 0.4) is 0 Å². The number of para-hydroxylation sites is 1. The number of rotatable bonds is 17. The Morgan fingerprint density at radius 3 is 1.97 bits per heavy atom. The van der Waals surface area contributed by atoms with E-state index < -0.39 is 0 Å². The van der Waals surface area contributed by atoms with Crippen LogP contribution in [-0.2, 0) is 10.2 Å². The molecule has 0 N–H and O–H groups in total. The van der Waals surface area contributed by atoms with Crippen molar-refractivity contribution >= 4 is 56.0 Å². The van der Waals surface area contributed by atoms with E-state index in [0.717, 1.165) is 68.4 Å². The summed E-state index contributed by atoms with van der Waals surface area (Å²) in [5.41, 5.74) is 18.5. The Balaban J connectivity index is 1.03. The monoisotopic (exact) mass is 1020 g/mol. The first-order valence-electron chi connectivity index (χ1n) is 27.8. The van der Waals surface area contributed by atoms with Gasteiger partial charge in [-0.2, -0.15) is 0 Å². The van der Waals surface area contributed by atoms with Gasteiger partial charge in [-0.05, 0) is 170 Å². The molecule has 0 fully saturated rings. The van der Waals surface area contributed by atoms with Gasteiger partial charge >= 0.3 is 0 Å². The topological polar surface area (TPSA) is 25.6 Å². The quantitative estimate of drug-likeness (QED) is 0.0671. The summed E-state index contributed by atoms with van der Waals surface area (Å²) in [6.07, 6.45) is 30.2. The molecule has 3 nitrogen and oxygen atoms in total. The van der Waals surface area contributed by atoms with Crippen LogP contribution in [0.5, 0.6) is 0 Å². The van der Waals surface area contributed by atoms with E-state index in [9.17, 15) is 0 Å². The van der Waals surface area contributed by atoms with Crippen LogP contribution in [0.15, 0.2) is 252 Å². The molecule has 9 rings (SSSR count). The van der Waals surface area contributed by atoms with Gasteiger partial charge in [-0.25, -0.2) is 0 Å². The SMILES string of the molecule is C/C=C\C=C(/CC/C=C\C=C(/C)c1ccc(N(c2ccc(-c3cccc4ccccc34)cc2)c2ccc(-c3cccc4c(=C/C)/c(=C(\C)C(C)/C=C\C(=C/C)C5(C)/C(=C/C=C\C)C(C)c6ccccc65)oc34)cc2)cc1)OC. The summed E-state index contributed by atoms with van der Waals surface area (Å²) in [7, 11) is 1.74. The van der Waals surface area contributed by atoms with E-state index in [0.29, 0.717) is 5.92 Å². The van der Waals surface area contributed by atoms with Gasteiger partial charge in [0.15, 0.2) is 0 Å². The highest BCUT2D eigenvalue weighted by Gasteiger charge is 2.44. The Morgan fingerprint density at radius 1 is 0.679 bits per heavy atom. The molecule has 1 aliphatic rings. The van der Waals surface area contributed by atoms with Crippen LogP contribution in [0.2, 0.25) is 0 Å². The Labute approximate surface area is 464 Å². The van der Waals surface area contributed by atoms with Crippen molar-refractivity contribution < 1.29 is 9.15 Å². The van der Waals surface area contributed by atoms with Crippen molar-refractivity contribution in [3.05, 3.63) is 275 Å². The lowest BCUT2D eigenvalue weighted by Gasteiger charge is -2.31. The molecule has 0 amide bonds. The maximum absolute atomic E-state index is 7.06. The predicted molar refractivity (Wildman–Crippen MR) is 337 cm³/mol. The molecule has 78 heavy (non-hydrogen) atoms. The van der Waals surface area contributed by atoms with Crippen molar-refractivity contribution in [2.24, 2.45) is 5.92 Å². The first-order chi connectivity index (χ1) is 38.0. The molecule has 0 saturated heterocycles. The molecule has 1 aliphatic carbocycles. The Bertz CT molecular complexity index is 3800. The molecule has 392 valence electrons. The first-order valence-corrected chi connectivity index (χ1v) is 27.8. The molecule has 1 aromatic heterocycles. The average molecular weight is 1020 g/mol. The number of hydrogen-bond donors (Lipinski definition) is 0. The van der Waals surface area contributed by atoms with Crippen LogP contribution >= 0.6 is 0 Å². The fourth-order valence-electron chi connectivity index (χ4n) is 11.5. The molecule has 3 unspecified atom stereocenters. The van der Waals surface area contributed by atoms with E-state index in [1.54, 1.807) is 7.11 Å². The van der Waals surface area contributed by atoms with Crippen LogP contribution in [0.1, 0.15) is 97.8 Å². The number of allylic oxidation sites excluding steroid dienone is 16. The molecule has 0 bridgehead atoms.